The topological polar surface area (TPSA) is 18.5 Å². The van der Waals surface area contributed by atoms with Crippen LogP contribution >= 0.6 is 0 Å². The molecule has 0 rings (SSSR count). The molecular weight excluding hydrogens is 234 g/mol. The maximum atomic E-state index is 3.67. The minimum Gasteiger partial charge on any atom is -0.302 e. The molecular formula is C16H37N3. The molecule has 0 amide bonds. The molecule has 19 heavy (non-hydrogen) atoms. The minimum atomic E-state index is 0.453. The van der Waals surface area contributed by atoms with Crippen LogP contribution < -0.4 is 5.32 Å². The van der Waals surface area contributed by atoms with Gasteiger partial charge < -0.3 is 5.32 Å². The van der Waals surface area contributed by atoms with Gasteiger partial charge in [0.2, 0.25) is 0 Å². The third kappa shape index (κ3) is 6.73. The smallest absolute Gasteiger partial charge is 0.0608 e. The third-order valence-corrected chi connectivity index (χ3v) is 3.94. The van der Waals surface area contributed by atoms with E-state index in [0.717, 1.165) is 19.6 Å². The van der Waals surface area contributed by atoms with Crippen LogP contribution in [-0.2, 0) is 0 Å². The molecule has 0 saturated carbocycles. The average molecular weight is 271 g/mol. The Hall–Kier alpha value is -0.120. The molecule has 0 fully saturated rings. The Morgan fingerprint density at radius 2 is 1.53 bits per heavy atom. The minimum absolute atomic E-state index is 0.453. The molecule has 2 atom stereocenters. The molecule has 0 aliphatic carbocycles. The summed E-state index contributed by atoms with van der Waals surface area (Å²) in [4.78, 5) is 5.16. The van der Waals surface area contributed by atoms with Crippen LogP contribution in [0, 0.1) is 0 Å². The summed E-state index contributed by atoms with van der Waals surface area (Å²) in [5.74, 6) is 0. The zero-order chi connectivity index (χ0) is 14.8. The average Bonchev–Trinajstić information content (AvgIpc) is 2.36. The molecule has 0 aliphatic rings. The molecule has 0 aliphatic heterocycles. The summed E-state index contributed by atoms with van der Waals surface area (Å²) in [7, 11) is 0. The first kappa shape index (κ1) is 18.9. The Bertz CT molecular complexity index is 206. The van der Waals surface area contributed by atoms with Crippen LogP contribution in [0.3, 0.4) is 0 Å². The first-order chi connectivity index (χ1) is 8.99. The van der Waals surface area contributed by atoms with E-state index in [9.17, 15) is 0 Å². The van der Waals surface area contributed by atoms with E-state index in [0.29, 0.717) is 18.4 Å². The number of hydrogen-bond acceptors (Lipinski definition) is 3. The van der Waals surface area contributed by atoms with Gasteiger partial charge in [-0.25, -0.2) is 0 Å². The highest BCUT2D eigenvalue weighted by atomic mass is 15.4. The van der Waals surface area contributed by atoms with Crippen LogP contribution in [0.25, 0.3) is 0 Å². The maximum Gasteiger partial charge on any atom is 0.0608 e. The molecule has 116 valence electrons. The lowest BCUT2D eigenvalue weighted by Gasteiger charge is -2.42. The van der Waals surface area contributed by atoms with Gasteiger partial charge in [0.05, 0.1) is 12.3 Å². The largest absolute Gasteiger partial charge is 0.302 e. The predicted molar refractivity (Wildman–Crippen MR) is 86.3 cm³/mol. The zero-order valence-electron chi connectivity index (χ0n) is 14.4. The van der Waals surface area contributed by atoms with Crippen LogP contribution in [0.2, 0.25) is 0 Å². The molecule has 0 bridgehead atoms. The van der Waals surface area contributed by atoms with Gasteiger partial charge in [-0.05, 0) is 53.6 Å². The van der Waals surface area contributed by atoms with Gasteiger partial charge in [-0.2, -0.15) is 0 Å². The van der Waals surface area contributed by atoms with Crippen LogP contribution in [-0.4, -0.2) is 47.8 Å². The second-order valence-electron chi connectivity index (χ2n) is 5.78. The van der Waals surface area contributed by atoms with Crippen molar-refractivity contribution in [1.82, 2.24) is 15.1 Å². The molecule has 0 saturated heterocycles. The van der Waals surface area contributed by atoms with Crippen molar-refractivity contribution in [2.24, 2.45) is 0 Å². The van der Waals surface area contributed by atoms with Crippen molar-refractivity contribution in [1.29, 1.82) is 0 Å². The molecule has 0 radical (unpaired) electrons. The molecule has 0 aromatic heterocycles. The summed E-state index contributed by atoms with van der Waals surface area (Å²) in [5.41, 5.74) is 0. The molecule has 2 unspecified atom stereocenters. The molecule has 1 N–H and O–H groups in total. The summed E-state index contributed by atoms with van der Waals surface area (Å²) in [6.45, 7) is 19.4. The van der Waals surface area contributed by atoms with Crippen LogP contribution in [0.1, 0.15) is 67.7 Å². The highest BCUT2D eigenvalue weighted by Crippen LogP contribution is 2.13. The van der Waals surface area contributed by atoms with E-state index in [-0.39, 0.29) is 0 Å². The Kier molecular flexibility index (Phi) is 10.6. The first-order valence-electron chi connectivity index (χ1n) is 8.24. The summed E-state index contributed by atoms with van der Waals surface area (Å²) < 4.78 is 0. The van der Waals surface area contributed by atoms with E-state index in [2.05, 4.69) is 63.6 Å². The lowest BCUT2D eigenvalue weighted by Crippen LogP contribution is -2.56. The fraction of sp³-hybridized carbons (Fsp3) is 1.00. The molecule has 3 nitrogen and oxygen atoms in total. The summed E-state index contributed by atoms with van der Waals surface area (Å²) in [5, 5.41) is 3.67. The van der Waals surface area contributed by atoms with Crippen LogP contribution in [0.5, 0.6) is 0 Å². The first-order valence-corrected chi connectivity index (χ1v) is 8.24. The highest BCUT2D eigenvalue weighted by Gasteiger charge is 2.24. The maximum absolute atomic E-state index is 3.67. The number of nitrogens with zero attached hydrogens (tertiary/aromatic N) is 2. The fourth-order valence-corrected chi connectivity index (χ4v) is 2.82. The Labute approximate surface area is 121 Å². The number of hydrogen-bond donors (Lipinski definition) is 1. The monoisotopic (exact) mass is 271 g/mol. The van der Waals surface area contributed by atoms with Crippen molar-refractivity contribution in [3.05, 3.63) is 0 Å². The second kappa shape index (κ2) is 10.6. The van der Waals surface area contributed by atoms with Crippen molar-refractivity contribution < 1.29 is 0 Å². The molecule has 3 heteroatoms. The van der Waals surface area contributed by atoms with Gasteiger partial charge in [-0.3, -0.25) is 9.80 Å². The molecule has 0 heterocycles. The highest BCUT2D eigenvalue weighted by molar-refractivity contribution is 4.75. The van der Waals surface area contributed by atoms with Crippen LogP contribution in [0.15, 0.2) is 0 Å². The fourth-order valence-electron chi connectivity index (χ4n) is 2.82. The van der Waals surface area contributed by atoms with Crippen molar-refractivity contribution >= 4 is 0 Å². The summed E-state index contributed by atoms with van der Waals surface area (Å²) >= 11 is 0. The van der Waals surface area contributed by atoms with E-state index >= 15 is 0 Å². The number of nitrogens with one attached hydrogen (secondary N) is 1. The normalized spacial score (nSPS) is 15.5. The van der Waals surface area contributed by atoms with Crippen molar-refractivity contribution in [2.75, 3.05) is 19.6 Å². The van der Waals surface area contributed by atoms with Gasteiger partial charge in [0.1, 0.15) is 0 Å². The van der Waals surface area contributed by atoms with E-state index < -0.39 is 0 Å². The SMILES string of the molecule is CCCCNC(C)N(CCC)C(C)N(CC)C(C)C. The van der Waals surface area contributed by atoms with Crippen molar-refractivity contribution in [2.45, 2.75) is 86.1 Å². The summed E-state index contributed by atoms with van der Waals surface area (Å²) in [6, 6.07) is 0.599. The van der Waals surface area contributed by atoms with Crippen molar-refractivity contribution in [3.63, 3.8) is 0 Å². The van der Waals surface area contributed by atoms with Crippen molar-refractivity contribution in [3.8, 4) is 0 Å². The van der Waals surface area contributed by atoms with Gasteiger partial charge >= 0.3 is 0 Å². The van der Waals surface area contributed by atoms with E-state index in [4.69, 9.17) is 0 Å². The van der Waals surface area contributed by atoms with Gasteiger partial charge in [-0.15, -0.1) is 0 Å². The van der Waals surface area contributed by atoms with Gasteiger partial charge in [0, 0.05) is 12.6 Å². The zero-order valence-corrected chi connectivity index (χ0v) is 14.4. The van der Waals surface area contributed by atoms with E-state index in [1.54, 1.807) is 0 Å². The molecule has 0 spiro atoms. The predicted octanol–water partition coefficient (Wildman–Crippen LogP) is 3.51. The Morgan fingerprint density at radius 3 is 1.95 bits per heavy atom. The van der Waals surface area contributed by atoms with E-state index in [1.807, 2.05) is 0 Å². The molecule has 0 aromatic carbocycles. The summed E-state index contributed by atoms with van der Waals surface area (Å²) in [6.07, 6.45) is 4.68. The lowest BCUT2D eigenvalue weighted by molar-refractivity contribution is 0.00328. The van der Waals surface area contributed by atoms with Gasteiger partial charge in [0.25, 0.3) is 0 Å². The standard InChI is InChI=1S/C16H37N3/c1-8-11-12-17-15(6)19(13-9-2)16(7)18(10-3)14(4)5/h14-17H,8-13H2,1-7H3. The van der Waals surface area contributed by atoms with Gasteiger partial charge in [0.15, 0.2) is 0 Å². The second-order valence-corrected chi connectivity index (χ2v) is 5.78. The Morgan fingerprint density at radius 1 is 0.895 bits per heavy atom. The van der Waals surface area contributed by atoms with Gasteiger partial charge in [-0.1, -0.05) is 27.2 Å². The lowest BCUT2D eigenvalue weighted by atomic mass is 10.2. The molecule has 0 aromatic rings. The number of rotatable bonds is 11. The number of unbranched alkanes of at least 4 members (excludes halogenated alkanes) is 1. The third-order valence-electron chi connectivity index (χ3n) is 3.94. The van der Waals surface area contributed by atoms with Crippen LogP contribution in [0.4, 0.5) is 0 Å². The Balaban J connectivity index is 4.58. The quantitative estimate of drug-likeness (QED) is 0.458. The van der Waals surface area contributed by atoms with E-state index in [1.165, 1.54) is 19.3 Å².